The fraction of sp³-hybridized carbons (Fsp3) is 0.625. The molecule has 0 unspecified atom stereocenters. The van der Waals surface area contributed by atoms with Crippen LogP contribution in [0.4, 0.5) is 4.39 Å². The lowest BCUT2D eigenvalue weighted by atomic mass is 10.0. The molecule has 7 heteroatoms. The van der Waals surface area contributed by atoms with Crippen LogP contribution in [0.25, 0.3) is 0 Å². The molecular weight excluding hydrogens is 319 g/mol. The molecule has 3 rings (SSSR count). The lowest BCUT2D eigenvalue weighted by Crippen LogP contribution is -2.48. The number of hydrogen-bond acceptors (Lipinski definition) is 4. The van der Waals surface area contributed by atoms with Crippen LogP contribution >= 0.6 is 0 Å². The predicted octanol–water partition coefficient (Wildman–Crippen LogP) is 1.83. The van der Waals surface area contributed by atoms with Gasteiger partial charge in [-0.1, -0.05) is 12.1 Å². The predicted molar refractivity (Wildman–Crippen MR) is 86.4 cm³/mol. The topological polar surface area (TPSA) is 49.9 Å². The van der Waals surface area contributed by atoms with E-state index >= 15 is 0 Å². The first-order valence-electron chi connectivity index (χ1n) is 8.04. The SMILES string of the molecule is COc1cccc(CN2CCC[C@@H](N3CCCS3(=O)=O)C2)c1F. The molecule has 0 aromatic heterocycles. The Morgan fingerprint density at radius 2 is 2.13 bits per heavy atom. The van der Waals surface area contributed by atoms with Crippen LogP contribution in [-0.2, 0) is 16.6 Å². The maximum absolute atomic E-state index is 14.3. The van der Waals surface area contributed by atoms with Gasteiger partial charge in [0.05, 0.1) is 12.9 Å². The van der Waals surface area contributed by atoms with E-state index in [0.29, 0.717) is 31.6 Å². The molecule has 0 bridgehead atoms. The smallest absolute Gasteiger partial charge is 0.214 e. The van der Waals surface area contributed by atoms with Crippen molar-refractivity contribution < 1.29 is 17.5 Å². The molecule has 2 heterocycles. The fourth-order valence-electron chi connectivity index (χ4n) is 3.56. The minimum absolute atomic E-state index is 0.0184. The molecule has 23 heavy (non-hydrogen) atoms. The molecule has 0 N–H and O–H groups in total. The van der Waals surface area contributed by atoms with Crippen LogP contribution in [0.3, 0.4) is 0 Å². The standard InChI is InChI=1S/C16H23FN2O3S/c1-22-15-7-2-5-13(16(15)17)11-18-8-3-6-14(12-18)19-9-4-10-23(19,20)21/h2,5,7,14H,3-4,6,8-12H2,1H3/t14-/m1/s1. The van der Waals surface area contributed by atoms with Gasteiger partial charge in [-0.3, -0.25) is 4.90 Å². The highest BCUT2D eigenvalue weighted by atomic mass is 32.2. The largest absolute Gasteiger partial charge is 0.494 e. The minimum Gasteiger partial charge on any atom is -0.494 e. The third-order valence-corrected chi connectivity index (χ3v) is 6.68. The maximum atomic E-state index is 14.3. The Balaban J connectivity index is 1.70. The second-order valence-electron chi connectivity index (χ2n) is 6.24. The number of piperidine rings is 1. The molecule has 2 saturated heterocycles. The van der Waals surface area contributed by atoms with Gasteiger partial charge >= 0.3 is 0 Å². The Labute approximate surface area is 137 Å². The molecule has 0 saturated carbocycles. The quantitative estimate of drug-likeness (QED) is 0.838. The van der Waals surface area contributed by atoms with E-state index < -0.39 is 10.0 Å². The zero-order chi connectivity index (χ0) is 16.4. The van der Waals surface area contributed by atoms with Crippen LogP contribution in [0.1, 0.15) is 24.8 Å². The first-order valence-corrected chi connectivity index (χ1v) is 9.65. The second kappa shape index (κ2) is 6.75. The van der Waals surface area contributed by atoms with Crippen molar-refractivity contribution in [2.75, 3.05) is 32.5 Å². The summed E-state index contributed by atoms with van der Waals surface area (Å²) in [6.07, 6.45) is 2.53. The highest BCUT2D eigenvalue weighted by Crippen LogP contribution is 2.26. The third kappa shape index (κ3) is 3.51. The zero-order valence-electron chi connectivity index (χ0n) is 13.4. The third-order valence-electron chi connectivity index (χ3n) is 4.68. The molecule has 5 nitrogen and oxygen atoms in total. The normalized spacial score (nSPS) is 25.6. The number of methoxy groups -OCH3 is 1. The number of ether oxygens (including phenoxy) is 1. The molecule has 1 aromatic carbocycles. The molecule has 128 valence electrons. The maximum Gasteiger partial charge on any atom is 0.214 e. The molecule has 2 aliphatic rings. The van der Waals surface area contributed by atoms with Crippen LogP contribution in [-0.4, -0.2) is 56.2 Å². The van der Waals surface area contributed by atoms with E-state index in [9.17, 15) is 12.8 Å². The average Bonchev–Trinajstić information content (AvgIpc) is 2.89. The van der Waals surface area contributed by atoms with Gasteiger partial charge in [-0.2, -0.15) is 4.31 Å². The minimum atomic E-state index is -3.09. The molecule has 0 amide bonds. The van der Waals surface area contributed by atoms with Crippen LogP contribution in [0.15, 0.2) is 18.2 Å². The zero-order valence-corrected chi connectivity index (χ0v) is 14.2. The Bertz CT molecular complexity index is 665. The average molecular weight is 342 g/mol. The number of nitrogens with zero attached hydrogens (tertiary/aromatic N) is 2. The summed E-state index contributed by atoms with van der Waals surface area (Å²) in [6, 6.07) is 5.16. The van der Waals surface area contributed by atoms with E-state index in [1.807, 2.05) is 0 Å². The highest BCUT2D eigenvalue weighted by molar-refractivity contribution is 7.89. The van der Waals surface area contributed by atoms with Crippen molar-refractivity contribution in [3.63, 3.8) is 0 Å². The first-order chi connectivity index (χ1) is 11.0. The van der Waals surface area contributed by atoms with Crippen molar-refractivity contribution in [2.45, 2.75) is 31.8 Å². The van der Waals surface area contributed by atoms with Crippen molar-refractivity contribution in [1.82, 2.24) is 9.21 Å². The molecule has 0 aliphatic carbocycles. The van der Waals surface area contributed by atoms with Gasteiger partial charge in [0.1, 0.15) is 0 Å². The Morgan fingerprint density at radius 1 is 1.30 bits per heavy atom. The van der Waals surface area contributed by atoms with Gasteiger partial charge in [-0.15, -0.1) is 0 Å². The Morgan fingerprint density at radius 3 is 2.83 bits per heavy atom. The summed E-state index contributed by atoms with van der Waals surface area (Å²) < 4.78 is 45.2. The van der Waals surface area contributed by atoms with Gasteiger partial charge in [-0.25, -0.2) is 12.8 Å². The molecule has 2 aliphatic heterocycles. The van der Waals surface area contributed by atoms with Gasteiger partial charge in [0.2, 0.25) is 10.0 Å². The Hall–Kier alpha value is -1.18. The summed E-state index contributed by atoms with van der Waals surface area (Å²) in [5, 5.41) is 0. The number of likely N-dealkylation sites (tertiary alicyclic amines) is 1. The van der Waals surface area contributed by atoms with Crippen LogP contribution in [0.2, 0.25) is 0 Å². The van der Waals surface area contributed by atoms with Crippen molar-refractivity contribution >= 4 is 10.0 Å². The monoisotopic (exact) mass is 342 g/mol. The highest BCUT2D eigenvalue weighted by Gasteiger charge is 2.36. The van der Waals surface area contributed by atoms with E-state index in [-0.39, 0.29) is 23.4 Å². The van der Waals surface area contributed by atoms with Gasteiger partial charge < -0.3 is 4.74 Å². The molecule has 1 aromatic rings. The number of rotatable bonds is 4. The summed E-state index contributed by atoms with van der Waals surface area (Å²) in [5.41, 5.74) is 0.592. The molecule has 0 radical (unpaired) electrons. The molecule has 2 fully saturated rings. The van der Waals surface area contributed by atoms with E-state index in [1.54, 1.807) is 22.5 Å². The fourth-order valence-corrected chi connectivity index (χ4v) is 5.32. The molecular formula is C16H23FN2O3S. The van der Waals surface area contributed by atoms with Gasteiger partial charge in [0.15, 0.2) is 11.6 Å². The van der Waals surface area contributed by atoms with Crippen molar-refractivity contribution in [3.05, 3.63) is 29.6 Å². The van der Waals surface area contributed by atoms with E-state index in [2.05, 4.69) is 4.90 Å². The number of hydrogen-bond donors (Lipinski definition) is 0. The van der Waals surface area contributed by atoms with Gasteiger partial charge in [0, 0.05) is 31.2 Å². The van der Waals surface area contributed by atoms with Crippen LogP contribution in [0.5, 0.6) is 5.75 Å². The summed E-state index contributed by atoms with van der Waals surface area (Å²) in [7, 11) is -1.63. The Kier molecular flexibility index (Phi) is 4.89. The summed E-state index contributed by atoms with van der Waals surface area (Å²) >= 11 is 0. The number of sulfonamides is 1. The van der Waals surface area contributed by atoms with Crippen molar-refractivity contribution in [3.8, 4) is 5.75 Å². The lowest BCUT2D eigenvalue weighted by Gasteiger charge is -2.36. The van der Waals surface area contributed by atoms with E-state index in [1.165, 1.54) is 7.11 Å². The van der Waals surface area contributed by atoms with Crippen LogP contribution < -0.4 is 4.74 Å². The van der Waals surface area contributed by atoms with E-state index in [0.717, 1.165) is 19.4 Å². The van der Waals surface area contributed by atoms with Crippen LogP contribution in [0, 0.1) is 5.82 Å². The van der Waals surface area contributed by atoms with Crippen molar-refractivity contribution in [2.24, 2.45) is 0 Å². The van der Waals surface area contributed by atoms with E-state index in [4.69, 9.17) is 4.74 Å². The molecule has 0 spiro atoms. The lowest BCUT2D eigenvalue weighted by molar-refractivity contribution is 0.145. The summed E-state index contributed by atoms with van der Waals surface area (Å²) in [4.78, 5) is 2.14. The number of halogens is 1. The van der Waals surface area contributed by atoms with Gasteiger partial charge in [-0.05, 0) is 31.9 Å². The van der Waals surface area contributed by atoms with Crippen molar-refractivity contribution in [1.29, 1.82) is 0 Å². The summed E-state index contributed by atoms with van der Waals surface area (Å²) in [6.45, 7) is 2.62. The molecule has 1 atom stereocenters. The number of benzene rings is 1. The van der Waals surface area contributed by atoms with Gasteiger partial charge in [0.25, 0.3) is 0 Å². The summed E-state index contributed by atoms with van der Waals surface area (Å²) in [5.74, 6) is 0.178. The first kappa shape index (κ1) is 16.7. The second-order valence-corrected chi connectivity index (χ2v) is 8.29.